The van der Waals surface area contributed by atoms with Crippen molar-refractivity contribution in [3.63, 3.8) is 0 Å². The zero-order valence-corrected chi connectivity index (χ0v) is 35.9. The molecule has 0 fully saturated rings. The quantitative estimate of drug-likeness (QED) is 0.0872. The lowest BCUT2D eigenvalue weighted by Gasteiger charge is -2.27. The Morgan fingerprint density at radius 3 is 1.44 bits per heavy atom. The topological polar surface area (TPSA) is 73.9 Å². The van der Waals surface area contributed by atoms with Gasteiger partial charge in [-0.1, -0.05) is 152 Å². The van der Waals surface area contributed by atoms with Crippen LogP contribution in [-0.4, -0.2) is 24.7 Å². The lowest BCUT2D eigenvalue weighted by atomic mass is 9.98. The summed E-state index contributed by atoms with van der Waals surface area (Å²) >= 11 is 0. The van der Waals surface area contributed by atoms with E-state index in [1.54, 1.807) is 6.92 Å². The van der Waals surface area contributed by atoms with Crippen molar-refractivity contribution >= 4 is 40.5 Å². The molecule has 9 rings (SSSR count). The smallest absolute Gasteiger partial charge is 0.407 e. The maximum Gasteiger partial charge on any atom is 0.407 e. The monoisotopic (exact) mass is 844 g/mol. The molecule has 0 aromatic heterocycles. The normalized spacial score (nSPS) is 12.4. The molecule has 1 aliphatic rings. The summed E-state index contributed by atoms with van der Waals surface area (Å²) in [4.78, 5) is 25.5. The van der Waals surface area contributed by atoms with E-state index < -0.39 is 25.4 Å². The number of hydrogen-bond acceptors (Lipinski definition) is 5. The number of fused-ring (bicyclic) bond motifs is 3. The van der Waals surface area contributed by atoms with Crippen molar-refractivity contribution in [3.05, 3.63) is 235 Å². The minimum absolute atomic E-state index is 0.0613. The van der Waals surface area contributed by atoms with Crippen molar-refractivity contribution in [2.75, 3.05) is 6.61 Å². The van der Waals surface area contributed by atoms with Gasteiger partial charge in [0.1, 0.15) is 60.1 Å². The molecular formula is C56H47NO5P+. The first-order valence-electron chi connectivity index (χ1n) is 21.2. The Balaban J connectivity index is 0.773. The molecule has 0 bridgehead atoms. The number of carbonyl (C=O) groups is 2. The van der Waals surface area contributed by atoms with Gasteiger partial charge in [0, 0.05) is 5.92 Å². The van der Waals surface area contributed by atoms with Crippen LogP contribution in [0.3, 0.4) is 0 Å². The third kappa shape index (κ3) is 8.77. The van der Waals surface area contributed by atoms with Crippen molar-refractivity contribution in [1.82, 2.24) is 5.32 Å². The lowest BCUT2D eigenvalue weighted by Crippen LogP contribution is -2.40. The average Bonchev–Trinajstić information content (AvgIpc) is 3.67. The molecule has 1 N–H and O–H groups in total. The highest BCUT2D eigenvalue weighted by Crippen LogP contribution is 2.54. The van der Waals surface area contributed by atoms with Gasteiger partial charge in [0.15, 0.2) is 0 Å². The first-order valence-corrected chi connectivity index (χ1v) is 23.0. The van der Waals surface area contributed by atoms with Crippen LogP contribution in [0.25, 0.3) is 22.3 Å². The van der Waals surface area contributed by atoms with Crippen LogP contribution in [0.4, 0.5) is 4.79 Å². The first kappa shape index (κ1) is 41.1. The molecule has 7 heteroatoms. The summed E-state index contributed by atoms with van der Waals surface area (Å²) < 4.78 is 17.2. The number of nitrogens with one attached hydrogen (secondary N) is 1. The van der Waals surface area contributed by atoms with E-state index in [9.17, 15) is 9.59 Å². The number of alkyl carbamates (subject to hydrolysis) is 1. The number of carbonyl (C=O) groups excluding carboxylic acids is 2. The Labute approximate surface area is 369 Å². The second-order valence-electron chi connectivity index (χ2n) is 15.7. The van der Waals surface area contributed by atoms with E-state index in [0.717, 1.165) is 44.5 Å². The molecule has 1 aliphatic carbocycles. The highest BCUT2D eigenvalue weighted by Gasteiger charge is 2.47. The molecule has 6 nitrogen and oxygen atoms in total. The largest absolute Gasteiger partial charge is 0.489 e. The zero-order chi connectivity index (χ0) is 43.0. The number of ether oxygens (including phenoxy) is 3. The van der Waals surface area contributed by atoms with Crippen LogP contribution in [0.5, 0.6) is 5.75 Å². The molecule has 0 aliphatic heterocycles. The Morgan fingerprint density at radius 2 is 0.921 bits per heavy atom. The molecule has 1 atom stereocenters. The van der Waals surface area contributed by atoms with Crippen LogP contribution in [-0.2, 0) is 27.5 Å². The Hall–Kier alpha value is -7.27. The van der Waals surface area contributed by atoms with Crippen LogP contribution < -0.4 is 31.3 Å². The Kier molecular flexibility index (Phi) is 12.3. The van der Waals surface area contributed by atoms with E-state index in [2.05, 4.69) is 169 Å². The number of hydrogen-bond donors (Lipinski definition) is 1. The molecular weight excluding hydrogens is 798 g/mol. The third-order valence-corrected chi connectivity index (χ3v) is 16.0. The van der Waals surface area contributed by atoms with Gasteiger partial charge < -0.3 is 19.5 Å². The maximum atomic E-state index is 12.8. The fraction of sp³-hybridized carbons (Fsp3) is 0.107. The SMILES string of the molecule is CC(NC(=O)OCC1c2ccccc2-c2ccccc21)C(=O)OCc1ccc(OCc2ccc(-c3ccc([P+](c4ccccc4)(c4ccccc4)c4ccccc4)cc3)cc2)cc1. The molecule has 1 amide bonds. The minimum Gasteiger partial charge on any atom is -0.489 e. The van der Waals surface area contributed by atoms with Crippen LogP contribution >= 0.6 is 7.26 Å². The van der Waals surface area contributed by atoms with E-state index in [4.69, 9.17) is 14.2 Å². The molecule has 0 saturated heterocycles. The summed E-state index contributed by atoms with van der Waals surface area (Å²) in [5.74, 6) is 0.0869. The zero-order valence-electron chi connectivity index (χ0n) is 35.0. The highest BCUT2D eigenvalue weighted by molar-refractivity contribution is 8.01. The predicted octanol–water partition coefficient (Wildman–Crippen LogP) is 10.5. The number of esters is 1. The van der Waals surface area contributed by atoms with Gasteiger partial charge in [-0.3, -0.25) is 0 Å². The standard InChI is InChI=1S/C56H46NO5P/c1-40(57-56(59)62-39-54-52-23-13-11-21-50(52)51-22-12-14-24-53(51)54)55(58)61-38-42-27-33-45(34-28-42)60-37-41-25-29-43(30-26-41)44-31-35-49(36-32-44)63(46-15-5-2-6-16-46,47-17-7-3-8-18-47)48-19-9-4-10-20-48/h2-36,40,54H,37-39H2,1H3/p+1. The summed E-state index contributed by atoms with van der Waals surface area (Å²) in [5, 5.41) is 7.89. The van der Waals surface area contributed by atoms with E-state index in [1.807, 2.05) is 48.5 Å². The Morgan fingerprint density at radius 1 is 0.492 bits per heavy atom. The summed E-state index contributed by atoms with van der Waals surface area (Å²) in [5.41, 5.74) is 8.68. The predicted molar refractivity (Wildman–Crippen MR) is 255 cm³/mol. The second kappa shape index (κ2) is 18.8. The summed E-state index contributed by atoms with van der Waals surface area (Å²) in [6, 6.07) is 73.2. The summed E-state index contributed by atoms with van der Waals surface area (Å²) in [6.45, 7) is 2.22. The van der Waals surface area contributed by atoms with Gasteiger partial charge in [0.25, 0.3) is 0 Å². The van der Waals surface area contributed by atoms with Gasteiger partial charge in [-0.15, -0.1) is 0 Å². The van der Waals surface area contributed by atoms with Crippen molar-refractivity contribution in [2.24, 2.45) is 0 Å². The van der Waals surface area contributed by atoms with E-state index in [-0.39, 0.29) is 19.1 Å². The van der Waals surface area contributed by atoms with Crippen LogP contribution in [0.2, 0.25) is 0 Å². The number of rotatable bonds is 14. The molecule has 0 heterocycles. The first-order chi connectivity index (χ1) is 31.0. The van der Waals surface area contributed by atoms with Gasteiger partial charge >= 0.3 is 12.1 Å². The molecule has 0 radical (unpaired) electrons. The highest BCUT2D eigenvalue weighted by atomic mass is 31.2. The molecule has 0 saturated carbocycles. The number of benzene rings is 8. The molecule has 8 aromatic carbocycles. The average molecular weight is 845 g/mol. The van der Waals surface area contributed by atoms with Crippen LogP contribution in [0, 0.1) is 0 Å². The van der Waals surface area contributed by atoms with Crippen LogP contribution in [0.15, 0.2) is 212 Å². The molecule has 63 heavy (non-hydrogen) atoms. The summed E-state index contributed by atoms with van der Waals surface area (Å²) in [6.07, 6.45) is -0.666. The van der Waals surface area contributed by atoms with Gasteiger partial charge in [0.05, 0.1) is 0 Å². The van der Waals surface area contributed by atoms with E-state index in [0.29, 0.717) is 12.4 Å². The van der Waals surface area contributed by atoms with Gasteiger partial charge in [-0.05, 0) is 112 Å². The van der Waals surface area contributed by atoms with Crippen molar-refractivity contribution in [2.45, 2.75) is 32.1 Å². The lowest BCUT2D eigenvalue weighted by molar-refractivity contribution is -0.146. The van der Waals surface area contributed by atoms with E-state index in [1.165, 1.54) is 21.2 Å². The van der Waals surface area contributed by atoms with Gasteiger partial charge in [-0.25, -0.2) is 9.59 Å². The maximum absolute atomic E-state index is 12.8. The van der Waals surface area contributed by atoms with E-state index >= 15 is 0 Å². The van der Waals surface area contributed by atoms with Gasteiger partial charge in [0.2, 0.25) is 0 Å². The number of amides is 1. The van der Waals surface area contributed by atoms with Crippen LogP contribution in [0.1, 0.15) is 35.1 Å². The fourth-order valence-electron chi connectivity index (χ4n) is 8.52. The van der Waals surface area contributed by atoms with Crippen molar-refractivity contribution in [1.29, 1.82) is 0 Å². The van der Waals surface area contributed by atoms with Crippen molar-refractivity contribution in [3.8, 4) is 28.0 Å². The van der Waals surface area contributed by atoms with Crippen molar-refractivity contribution < 1.29 is 23.8 Å². The fourth-order valence-corrected chi connectivity index (χ4v) is 12.8. The summed E-state index contributed by atoms with van der Waals surface area (Å²) in [7, 11) is -2.16. The molecule has 0 spiro atoms. The second-order valence-corrected chi connectivity index (χ2v) is 19.1. The third-order valence-electron chi connectivity index (χ3n) is 11.7. The molecule has 8 aromatic rings. The Bertz CT molecular complexity index is 2650. The minimum atomic E-state index is -2.16. The molecule has 310 valence electrons. The molecule has 1 unspecified atom stereocenters. The van der Waals surface area contributed by atoms with Gasteiger partial charge in [-0.2, -0.15) is 0 Å².